The quantitative estimate of drug-likeness (QED) is 0.544. The van der Waals surface area contributed by atoms with Gasteiger partial charge >= 0.3 is 0 Å². The van der Waals surface area contributed by atoms with Gasteiger partial charge in [-0.3, -0.25) is 4.79 Å². The highest BCUT2D eigenvalue weighted by Crippen LogP contribution is 2.26. The lowest BCUT2D eigenvalue weighted by molar-refractivity contribution is 0.104. The van der Waals surface area contributed by atoms with Crippen LogP contribution in [0.25, 0.3) is 6.08 Å². The molecule has 0 unspecified atom stereocenters. The maximum Gasteiger partial charge on any atom is 0.186 e. The Labute approximate surface area is 133 Å². The Bertz CT molecular complexity index is 717. The molecule has 0 aliphatic rings. The van der Waals surface area contributed by atoms with Crippen LogP contribution in [0.3, 0.4) is 0 Å². The van der Waals surface area contributed by atoms with Crippen molar-refractivity contribution in [1.82, 2.24) is 0 Å². The van der Waals surface area contributed by atoms with Gasteiger partial charge in [-0.25, -0.2) is 0 Å². The predicted molar refractivity (Wildman–Crippen MR) is 94.7 cm³/mol. The van der Waals surface area contributed by atoms with Gasteiger partial charge in [0.25, 0.3) is 0 Å². The van der Waals surface area contributed by atoms with E-state index in [0.717, 1.165) is 22.3 Å². The van der Waals surface area contributed by atoms with Crippen molar-refractivity contribution < 1.29 is 4.79 Å². The molecule has 114 valence electrons. The van der Waals surface area contributed by atoms with E-state index in [1.54, 1.807) is 6.08 Å². The summed E-state index contributed by atoms with van der Waals surface area (Å²) in [6.45, 7) is 12.5. The van der Waals surface area contributed by atoms with Crippen molar-refractivity contribution in [2.75, 3.05) is 0 Å². The molecule has 1 heteroatoms. The molecule has 0 bridgehead atoms. The van der Waals surface area contributed by atoms with Crippen LogP contribution in [0.2, 0.25) is 0 Å². The van der Waals surface area contributed by atoms with Crippen molar-refractivity contribution in [2.24, 2.45) is 0 Å². The van der Waals surface area contributed by atoms with Crippen LogP contribution in [0.4, 0.5) is 0 Å². The maximum absolute atomic E-state index is 12.7. The summed E-state index contributed by atoms with van der Waals surface area (Å²) in [4.78, 5) is 12.7. The zero-order chi connectivity index (χ0) is 16.4. The Balaban J connectivity index is 2.40. The van der Waals surface area contributed by atoms with Gasteiger partial charge in [-0.05, 0) is 81.0 Å². The van der Waals surface area contributed by atoms with Crippen LogP contribution < -0.4 is 0 Å². The molecule has 0 heterocycles. The number of hydrogen-bond acceptors (Lipinski definition) is 1. The highest BCUT2D eigenvalue weighted by molar-refractivity contribution is 6.09. The average Bonchev–Trinajstić information content (AvgIpc) is 2.50. The van der Waals surface area contributed by atoms with Crippen LogP contribution in [-0.2, 0) is 0 Å². The lowest BCUT2D eigenvalue weighted by Crippen LogP contribution is -2.07. The average molecular weight is 292 g/mol. The van der Waals surface area contributed by atoms with E-state index in [1.807, 2.05) is 32.1 Å². The molecule has 0 aliphatic carbocycles. The van der Waals surface area contributed by atoms with Crippen LogP contribution in [0, 0.1) is 41.5 Å². The molecular weight excluding hydrogens is 268 g/mol. The number of allylic oxidation sites excluding steroid dienone is 1. The minimum Gasteiger partial charge on any atom is -0.289 e. The molecule has 0 radical (unpaired) electrons. The molecule has 0 saturated heterocycles. The molecule has 1 nitrogen and oxygen atoms in total. The van der Waals surface area contributed by atoms with Crippen molar-refractivity contribution in [3.8, 4) is 0 Å². The maximum atomic E-state index is 12.7. The number of carbonyl (C=O) groups is 1. The molecule has 0 atom stereocenters. The van der Waals surface area contributed by atoms with E-state index >= 15 is 0 Å². The van der Waals surface area contributed by atoms with E-state index in [4.69, 9.17) is 0 Å². The van der Waals surface area contributed by atoms with Crippen LogP contribution >= 0.6 is 0 Å². The summed E-state index contributed by atoms with van der Waals surface area (Å²) in [5.41, 5.74) is 9.04. The summed E-state index contributed by atoms with van der Waals surface area (Å²) < 4.78 is 0. The summed E-state index contributed by atoms with van der Waals surface area (Å²) in [6.07, 6.45) is 3.58. The third-order valence-electron chi connectivity index (χ3n) is 4.75. The van der Waals surface area contributed by atoms with Crippen LogP contribution in [0.5, 0.6) is 0 Å². The van der Waals surface area contributed by atoms with Gasteiger partial charge in [0, 0.05) is 5.56 Å². The monoisotopic (exact) mass is 292 g/mol. The van der Waals surface area contributed by atoms with E-state index in [9.17, 15) is 4.79 Å². The summed E-state index contributed by atoms with van der Waals surface area (Å²) in [6, 6.07) is 8.18. The number of carbonyl (C=O) groups excluding carboxylic acids is 1. The molecular formula is C21H24O. The molecule has 22 heavy (non-hydrogen) atoms. The van der Waals surface area contributed by atoms with E-state index < -0.39 is 0 Å². The van der Waals surface area contributed by atoms with Crippen molar-refractivity contribution in [3.05, 3.63) is 74.8 Å². The third-order valence-corrected chi connectivity index (χ3v) is 4.75. The van der Waals surface area contributed by atoms with E-state index in [-0.39, 0.29) is 5.78 Å². The van der Waals surface area contributed by atoms with Gasteiger partial charge in [0.2, 0.25) is 0 Å². The third kappa shape index (κ3) is 3.04. The first kappa shape index (κ1) is 16.2. The molecule has 2 rings (SSSR count). The largest absolute Gasteiger partial charge is 0.289 e. The second-order valence-corrected chi connectivity index (χ2v) is 6.11. The molecule has 2 aromatic rings. The Morgan fingerprint density at radius 2 is 1.18 bits per heavy atom. The molecule has 0 aromatic heterocycles. The minimum atomic E-state index is 0.0850. The normalized spacial score (nSPS) is 11.2. The van der Waals surface area contributed by atoms with Crippen molar-refractivity contribution in [3.63, 3.8) is 0 Å². The highest BCUT2D eigenvalue weighted by Gasteiger charge is 2.16. The molecule has 0 amide bonds. The van der Waals surface area contributed by atoms with Crippen molar-refractivity contribution in [1.29, 1.82) is 0 Å². The van der Waals surface area contributed by atoms with Gasteiger partial charge in [-0.15, -0.1) is 0 Å². The Kier molecular flexibility index (Phi) is 4.65. The highest BCUT2D eigenvalue weighted by atomic mass is 16.1. The number of ketones is 1. The predicted octanol–water partition coefficient (Wildman–Crippen LogP) is 5.43. The van der Waals surface area contributed by atoms with Gasteiger partial charge in [0.15, 0.2) is 5.78 Å². The fourth-order valence-corrected chi connectivity index (χ4v) is 2.80. The standard InChI is InChI=1S/C21H24O/c1-13-7-9-19(10-8-13)11-12-20(22)21-17(5)15(3)14(2)16(4)18(21)6/h7-12H,1-6H3/b12-11-. The topological polar surface area (TPSA) is 17.1 Å². The van der Waals surface area contributed by atoms with Crippen molar-refractivity contribution >= 4 is 11.9 Å². The Morgan fingerprint density at radius 3 is 1.68 bits per heavy atom. The number of hydrogen-bond donors (Lipinski definition) is 0. The van der Waals surface area contributed by atoms with Gasteiger partial charge in [0.1, 0.15) is 0 Å². The minimum absolute atomic E-state index is 0.0850. The van der Waals surface area contributed by atoms with E-state index in [0.29, 0.717) is 0 Å². The lowest BCUT2D eigenvalue weighted by Gasteiger charge is -2.16. The smallest absolute Gasteiger partial charge is 0.186 e. The summed E-state index contributed by atoms with van der Waals surface area (Å²) in [5, 5.41) is 0. The molecule has 0 N–H and O–H groups in total. The van der Waals surface area contributed by atoms with Gasteiger partial charge in [0.05, 0.1) is 0 Å². The number of aryl methyl sites for hydroxylation is 1. The lowest BCUT2D eigenvalue weighted by atomic mass is 9.87. The number of rotatable bonds is 3. The first-order valence-electron chi connectivity index (χ1n) is 7.69. The first-order valence-corrected chi connectivity index (χ1v) is 7.69. The van der Waals surface area contributed by atoms with Crippen molar-refractivity contribution in [2.45, 2.75) is 41.5 Å². The Hall–Kier alpha value is -2.15. The fourth-order valence-electron chi connectivity index (χ4n) is 2.80. The van der Waals surface area contributed by atoms with Crippen LogP contribution in [-0.4, -0.2) is 5.78 Å². The van der Waals surface area contributed by atoms with Gasteiger partial charge in [-0.1, -0.05) is 35.9 Å². The molecule has 2 aromatic carbocycles. The molecule has 0 spiro atoms. The van der Waals surface area contributed by atoms with Crippen LogP contribution in [0.15, 0.2) is 30.3 Å². The second-order valence-electron chi connectivity index (χ2n) is 6.11. The van der Waals surface area contributed by atoms with Gasteiger partial charge in [-0.2, -0.15) is 0 Å². The van der Waals surface area contributed by atoms with Gasteiger partial charge < -0.3 is 0 Å². The van der Waals surface area contributed by atoms with E-state index in [2.05, 4.69) is 39.8 Å². The van der Waals surface area contributed by atoms with E-state index in [1.165, 1.54) is 22.3 Å². The van der Waals surface area contributed by atoms with Crippen LogP contribution in [0.1, 0.15) is 49.3 Å². The fraction of sp³-hybridized carbons (Fsp3) is 0.286. The molecule has 0 saturated carbocycles. The number of benzene rings is 2. The second kappa shape index (κ2) is 6.31. The zero-order valence-electron chi connectivity index (χ0n) is 14.4. The zero-order valence-corrected chi connectivity index (χ0v) is 14.4. The molecule has 0 fully saturated rings. The Morgan fingerprint density at radius 1 is 0.727 bits per heavy atom. The SMILES string of the molecule is Cc1ccc(/C=C\C(=O)c2c(C)c(C)c(C)c(C)c2C)cc1. The summed E-state index contributed by atoms with van der Waals surface area (Å²) in [7, 11) is 0. The summed E-state index contributed by atoms with van der Waals surface area (Å²) >= 11 is 0. The summed E-state index contributed by atoms with van der Waals surface area (Å²) in [5.74, 6) is 0.0850. The first-order chi connectivity index (χ1) is 10.3. The molecule has 0 aliphatic heterocycles.